The highest BCUT2D eigenvalue weighted by Gasteiger charge is 2.24. The summed E-state index contributed by atoms with van der Waals surface area (Å²) in [6.45, 7) is 4.16. The maximum Gasteiger partial charge on any atom is 0.325 e. The van der Waals surface area contributed by atoms with Gasteiger partial charge < -0.3 is 19.5 Å². The molecule has 1 aromatic rings. The lowest BCUT2D eigenvalue weighted by atomic mass is 10.1. The Balaban J connectivity index is 1.82. The van der Waals surface area contributed by atoms with E-state index in [-0.39, 0.29) is 11.9 Å². The van der Waals surface area contributed by atoms with Gasteiger partial charge in [-0.2, -0.15) is 0 Å². The van der Waals surface area contributed by atoms with Gasteiger partial charge in [0, 0.05) is 11.8 Å². The van der Waals surface area contributed by atoms with Crippen molar-refractivity contribution in [1.29, 1.82) is 0 Å². The number of rotatable bonds is 8. The Kier molecular flexibility index (Phi) is 7.91. The highest BCUT2D eigenvalue weighted by Crippen LogP contribution is 2.30. The molecule has 8 nitrogen and oxygen atoms in total. The smallest absolute Gasteiger partial charge is 0.325 e. The SMILES string of the molecule is CCOc1ccc(NC(=O)NC(=O)COC(=O)C2CCCC2)cc1OCC. The lowest BCUT2D eigenvalue weighted by Gasteiger charge is -2.13. The number of hydrogen-bond acceptors (Lipinski definition) is 6. The number of benzene rings is 1. The number of urea groups is 1. The first kappa shape index (κ1) is 20.5. The van der Waals surface area contributed by atoms with E-state index in [1.807, 2.05) is 13.8 Å². The number of esters is 1. The lowest BCUT2D eigenvalue weighted by molar-refractivity contribution is -0.152. The van der Waals surface area contributed by atoms with Gasteiger partial charge in [-0.1, -0.05) is 12.8 Å². The summed E-state index contributed by atoms with van der Waals surface area (Å²) in [6, 6.07) is 4.20. The van der Waals surface area contributed by atoms with Gasteiger partial charge in [-0.3, -0.25) is 14.9 Å². The van der Waals surface area contributed by atoms with Gasteiger partial charge >= 0.3 is 12.0 Å². The normalized spacial score (nSPS) is 13.7. The van der Waals surface area contributed by atoms with Gasteiger partial charge in [0.2, 0.25) is 0 Å². The number of imide groups is 1. The van der Waals surface area contributed by atoms with Crippen molar-refractivity contribution >= 4 is 23.6 Å². The topological polar surface area (TPSA) is 103 Å². The molecule has 0 aromatic heterocycles. The van der Waals surface area contributed by atoms with Crippen LogP contribution in [0.25, 0.3) is 0 Å². The molecule has 8 heteroatoms. The summed E-state index contributed by atoms with van der Waals surface area (Å²) < 4.78 is 15.9. The molecular weight excluding hydrogens is 352 g/mol. The molecular formula is C19H26N2O6. The maximum atomic E-state index is 11.9. The van der Waals surface area contributed by atoms with E-state index in [0.717, 1.165) is 25.7 Å². The Morgan fingerprint density at radius 3 is 2.37 bits per heavy atom. The second-order valence-electron chi connectivity index (χ2n) is 6.12. The van der Waals surface area contributed by atoms with E-state index in [9.17, 15) is 14.4 Å². The largest absolute Gasteiger partial charge is 0.490 e. The van der Waals surface area contributed by atoms with Crippen molar-refractivity contribution < 1.29 is 28.6 Å². The van der Waals surface area contributed by atoms with Crippen LogP contribution < -0.4 is 20.1 Å². The Labute approximate surface area is 158 Å². The van der Waals surface area contributed by atoms with Crippen LogP contribution in [0.2, 0.25) is 0 Å². The number of hydrogen-bond donors (Lipinski definition) is 2. The quantitative estimate of drug-likeness (QED) is 0.674. The molecule has 0 aliphatic heterocycles. The first-order chi connectivity index (χ1) is 13.0. The molecule has 148 valence electrons. The fourth-order valence-corrected chi connectivity index (χ4v) is 2.87. The third-order valence-electron chi connectivity index (χ3n) is 4.09. The zero-order valence-electron chi connectivity index (χ0n) is 15.7. The van der Waals surface area contributed by atoms with Crippen molar-refractivity contribution in [1.82, 2.24) is 5.32 Å². The highest BCUT2D eigenvalue weighted by atomic mass is 16.5. The average Bonchev–Trinajstić information content (AvgIpc) is 3.17. The molecule has 0 radical (unpaired) electrons. The van der Waals surface area contributed by atoms with Gasteiger partial charge in [0.15, 0.2) is 18.1 Å². The molecule has 0 heterocycles. The number of carbonyl (C=O) groups excluding carboxylic acids is 3. The number of amides is 3. The minimum absolute atomic E-state index is 0.132. The van der Waals surface area contributed by atoms with Crippen LogP contribution >= 0.6 is 0 Å². The fraction of sp³-hybridized carbons (Fsp3) is 0.526. The Morgan fingerprint density at radius 2 is 1.70 bits per heavy atom. The van der Waals surface area contributed by atoms with Crippen molar-refractivity contribution in [3.05, 3.63) is 18.2 Å². The lowest BCUT2D eigenvalue weighted by Crippen LogP contribution is -2.37. The van der Waals surface area contributed by atoms with Crippen molar-refractivity contribution in [3.8, 4) is 11.5 Å². The van der Waals surface area contributed by atoms with Crippen LogP contribution in [0.3, 0.4) is 0 Å². The third kappa shape index (κ3) is 6.47. The molecule has 1 saturated carbocycles. The van der Waals surface area contributed by atoms with Crippen LogP contribution in [0.1, 0.15) is 39.5 Å². The first-order valence-corrected chi connectivity index (χ1v) is 9.20. The predicted molar refractivity (Wildman–Crippen MR) is 98.9 cm³/mol. The predicted octanol–water partition coefficient (Wildman–Crippen LogP) is 2.87. The Bertz CT molecular complexity index is 670. The number of ether oxygens (including phenoxy) is 3. The molecule has 27 heavy (non-hydrogen) atoms. The van der Waals surface area contributed by atoms with Gasteiger partial charge in [0.05, 0.1) is 19.1 Å². The first-order valence-electron chi connectivity index (χ1n) is 9.20. The van der Waals surface area contributed by atoms with E-state index in [4.69, 9.17) is 14.2 Å². The molecule has 0 unspecified atom stereocenters. The highest BCUT2D eigenvalue weighted by molar-refractivity contribution is 6.02. The summed E-state index contributed by atoms with van der Waals surface area (Å²) in [5, 5.41) is 4.66. The van der Waals surface area contributed by atoms with Crippen molar-refractivity contribution in [2.75, 3.05) is 25.1 Å². The maximum absolute atomic E-state index is 11.9. The molecule has 1 aliphatic rings. The van der Waals surface area contributed by atoms with Gasteiger partial charge in [0.25, 0.3) is 5.91 Å². The van der Waals surface area contributed by atoms with Gasteiger partial charge in [-0.05, 0) is 38.8 Å². The van der Waals surface area contributed by atoms with Crippen molar-refractivity contribution in [2.24, 2.45) is 5.92 Å². The van der Waals surface area contributed by atoms with Crippen molar-refractivity contribution in [3.63, 3.8) is 0 Å². The van der Waals surface area contributed by atoms with E-state index in [1.54, 1.807) is 18.2 Å². The molecule has 2 N–H and O–H groups in total. The minimum atomic E-state index is -0.719. The molecule has 0 atom stereocenters. The van der Waals surface area contributed by atoms with E-state index >= 15 is 0 Å². The summed E-state index contributed by atoms with van der Waals surface area (Å²) in [5.41, 5.74) is 0.440. The Hall–Kier alpha value is -2.77. The average molecular weight is 378 g/mol. The van der Waals surface area contributed by atoms with E-state index < -0.39 is 18.5 Å². The van der Waals surface area contributed by atoms with Crippen LogP contribution in [0.4, 0.5) is 10.5 Å². The van der Waals surface area contributed by atoms with Crippen LogP contribution in [0.5, 0.6) is 11.5 Å². The standard InChI is InChI=1S/C19H26N2O6/c1-3-25-15-10-9-14(11-16(15)26-4-2)20-19(24)21-17(22)12-27-18(23)13-7-5-6-8-13/h9-11,13H,3-8,12H2,1-2H3,(H2,20,21,22,24). The van der Waals surface area contributed by atoms with Crippen molar-refractivity contribution in [2.45, 2.75) is 39.5 Å². The summed E-state index contributed by atoms with van der Waals surface area (Å²) in [6.07, 6.45) is 3.59. The minimum Gasteiger partial charge on any atom is -0.490 e. The molecule has 0 spiro atoms. The van der Waals surface area contributed by atoms with Crippen LogP contribution in [0.15, 0.2) is 18.2 Å². The number of carbonyl (C=O) groups is 3. The molecule has 1 aromatic carbocycles. The van der Waals surface area contributed by atoms with Gasteiger partial charge in [0.1, 0.15) is 0 Å². The zero-order valence-corrected chi connectivity index (χ0v) is 15.7. The van der Waals surface area contributed by atoms with Gasteiger partial charge in [-0.15, -0.1) is 0 Å². The summed E-state index contributed by atoms with van der Waals surface area (Å²) in [7, 11) is 0. The molecule has 1 aliphatic carbocycles. The summed E-state index contributed by atoms with van der Waals surface area (Å²) >= 11 is 0. The second kappa shape index (κ2) is 10.4. The van der Waals surface area contributed by atoms with Gasteiger partial charge in [-0.25, -0.2) is 4.79 Å². The molecule has 2 rings (SSSR count). The molecule has 0 saturated heterocycles. The summed E-state index contributed by atoms with van der Waals surface area (Å²) in [5.74, 6) is -0.132. The second-order valence-corrected chi connectivity index (χ2v) is 6.12. The van der Waals surface area contributed by atoms with Crippen LogP contribution in [-0.4, -0.2) is 37.7 Å². The molecule has 0 bridgehead atoms. The fourth-order valence-electron chi connectivity index (χ4n) is 2.87. The Morgan fingerprint density at radius 1 is 1.04 bits per heavy atom. The van der Waals surface area contributed by atoms with Crippen LogP contribution in [-0.2, 0) is 14.3 Å². The molecule has 3 amide bonds. The summed E-state index contributed by atoms with van der Waals surface area (Å²) in [4.78, 5) is 35.5. The van der Waals surface area contributed by atoms with E-state index in [2.05, 4.69) is 10.6 Å². The van der Waals surface area contributed by atoms with Crippen LogP contribution in [0, 0.1) is 5.92 Å². The number of nitrogens with one attached hydrogen (secondary N) is 2. The van der Waals surface area contributed by atoms with E-state index in [1.165, 1.54) is 0 Å². The molecule has 1 fully saturated rings. The van der Waals surface area contributed by atoms with E-state index in [0.29, 0.717) is 30.4 Å². The monoisotopic (exact) mass is 378 g/mol. The third-order valence-corrected chi connectivity index (χ3v) is 4.09. The zero-order chi connectivity index (χ0) is 19.6. The number of anilines is 1.